The number of nitrogens with zero attached hydrogens (tertiary/aromatic N) is 2. The highest BCUT2D eigenvalue weighted by molar-refractivity contribution is 5.81. The molecular weight excluding hydrogens is 334 g/mol. The van der Waals surface area contributed by atoms with E-state index in [1.54, 1.807) is 6.07 Å². The quantitative estimate of drug-likeness (QED) is 0.532. The lowest BCUT2D eigenvalue weighted by atomic mass is 10.1. The third-order valence-electron chi connectivity index (χ3n) is 4.51. The maximum Gasteiger partial charge on any atom is 0.126 e. The van der Waals surface area contributed by atoms with Crippen LogP contribution >= 0.6 is 0 Å². The number of pyridine rings is 1. The Labute approximate surface area is 160 Å². The number of benzene rings is 2. The molecule has 0 atom stereocenters. The summed E-state index contributed by atoms with van der Waals surface area (Å²) in [6, 6.07) is 17.9. The van der Waals surface area contributed by atoms with Gasteiger partial charge in [0, 0.05) is 17.5 Å². The van der Waals surface area contributed by atoms with Crippen molar-refractivity contribution in [3.05, 3.63) is 65.2 Å². The molecule has 4 heteroatoms. The molecule has 1 aromatic heterocycles. The zero-order chi connectivity index (χ0) is 19.1. The van der Waals surface area contributed by atoms with E-state index in [1.807, 2.05) is 24.3 Å². The molecule has 2 aromatic carbocycles. The topological polar surface area (TPSA) is 57.9 Å². The maximum atomic E-state index is 9.00. The monoisotopic (exact) mass is 359 g/mol. The normalized spacial score (nSPS) is 10.6. The van der Waals surface area contributed by atoms with Crippen LogP contribution < -0.4 is 10.1 Å². The molecule has 1 heterocycles. The van der Waals surface area contributed by atoms with Gasteiger partial charge in [-0.1, -0.05) is 31.9 Å². The van der Waals surface area contributed by atoms with Crippen molar-refractivity contribution in [3.63, 3.8) is 0 Å². The summed E-state index contributed by atoms with van der Waals surface area (Å²) in [6.07, 6.45) is 3.46. The van der Waals surface area contributed by atoms with Gasteiger partial charge in [0.15, 0.2) is 0 Å². The first-order valence-corrected chi connectivity index (χ1v) is 9.46. The molecule has 0 amide bonds. The van der Waals surface area contributed by atoms with Gasteiger partial charge in [-0.25, -0.2) is 4.98 Å². The first-order valence-electron chi connectivity index (χ1n) is 9.46. The average molecular weight is 359 g/mol. The number of rotatable bonds is 8. The van der Waals surface area contributed by atoms with Gasteiger partial charge in [0.2, 0.25) is 0 Å². The Morgan fingerprint density at radius 1 is 1.07 bits per heavy atom. The second kappa shape index (κ2) is 9.05. The van der Waals surface area contributed by atoms with Crippen molar-refractivity contribution in [2.75, 3.05) is 11.9 Å². The number of nitriles is 1. The van der Waals surface area contributed by atoms with E-state index in [0.29, 0.717) is 12.1 Å². The van der Waals surface area contributed by atoms with Crippen molar-refractivity contribution in [2.24, 2.45) is 0 Å². The second-order valence-electron chi connectivity index (χ2n) is 6.74. The highest BCUT2D eigenvalue weighted by Gasteiger charge is 2.06. The summed E-state index contributed by atoms with van der Waals surface area (Å²) >= 11 is 0. The van der Waals surface area contributed by atoms with E-state index in [-0.39, 0.29) is 0 Å². The van der Waals surface area contributed by atoms with E-state index in [0.717, 1.165) is 41.1 Å². The van der Waals surface area contributed by atoms with Gasteiger partial charge in [-0.3, -0.25) is 0 Å². The standard InChI is InChI=1S/C23H25N3O/c1-3-4-5-12-27-22-13-17(2)6-8-20(22)16-25-23-11-9-19-14-18(15-24)7-10-21(19)26-23/h6-11,13-14H,3-5,12,16H2,1-2H3,(H,25,26). The van der Waals surface area contributed by atoms with Crippen LogP contribution in [0.3, 0.4) is 0 Å². The summed E-state index contributed by atoms with van der Waals surface area (Å²) in [5, 5.41) is 13.4. The van der Waals surface area contributed by atoms with Gasteiger partial charge < -0.3 is 10.1 Å². The molecule has 4 nitrogen and oxygen atoms in total. The zero-order valence-corrected chi connectivity index (χ0v) is 16.0. The lowest BCUT2D eigenvalue weighted by Crippen LogP contribution is -2.06. The number of aromatic nitrogens is 1. The van der Waals surface area contributed by atoms with Gasteiger partial charge in [0.05, 0.1) is 23.8 Å². The molecule has 3 rings (SSSR count). The molecule has 0 unspecified atom stereocenters. The first-order chi connectivity index (χ1) is 13.2. The van der Waals surface area contributed by atoms with Gasteiger partial charge in [-0.2, -0.15) is 5.26 Å². The van der Waals surface area contributed by atoms with Crippen LogP contribution in [0.5, 0.6) is 5.75 Å². The lowest BCUT2D eigenvalue weighted by Gasteiger charge is -2.14. The summed E-state index contributed by atoms with van der Waals surface area (Å²) in [5.41, 5.74) is 3.84. The zero-order valence-electron chi connectivity index (χ0n) is 16.0. The van der Waals surface area contributed by atoms with Gasteiger partial charge in [0.25, 0.3) is 0 Å². The van der Waals surface area contributed by atoms with Gasteiger partial charge in [-0.15, -0.1) is 0 Å². The third kappa shape index (κ3) is 4.98. The molecule has 0 bridgehead atoms. The molecule has 1 N–H and O–H groups in total. The van der Waals surface area contributed by atoms with Crippen molar-refractivity contribution in [2.45, 2.75) is 39.7 Å². The van der Waals surface area contributed by atoms with Crippen molar-refractivity contribution in [3.8, 4) is 11.8 Å². The Morgan fingerprint density at radius 2 is 1.96 bits per heavy atom. The molecular formula is C23H25N3O. The minimum absolute atomic E-state index is 0.648. The number of ether oxygens (including phenoxy) is 1. The highest BCUT2D eigenvalue weighted by atomic mass is 16.5. The van der Waals surface area contributed by atoms with Gasteiger partial charge in [0.1, 0.15) is 11.6 Å². The maximum absolute atomic E-state index is 9.00. The number of nitrogens with one attached hydrogen (secondary N) is 1. The molecule has 138 valence electrons. The predicted molar refractivity (Wildman–Crippen MR) is 110 cm³/mol. The minimum Gasteiger partial charge on any atom is -0.493 e. The smallest absolute Gasteiger partial charge is 0.126 e. The van der Waals surface area contributed by atoms with E-state index >= 15 is 0 Å². The van der Waals surface area contributed by atoms with E-state index in [4.69, 9.17) is 10.00 Å². The van der Waals surface area contributed by atoms with Crippen molar-refractivity contribution < 1.29 is 4.74 Å². The van der Waals surface area contributed by atoms with E-state index in [2.05, 4.69) is 48.4 Å². The number of hydrogen-bond donors (Lipinski definition) is 1. The van der Waals surface area contributed by atoms with E-state index in [1.165, 1.54) is 18.4 Å². The summed E-state index contributed by atoms with van der Waals surface area (Å²) in [7, 11) is 0. The summed E-state index contributed by atoms with van der Waals surface area (Å²) in [4.78, 5) is 4.64. The SMILES string of the molecule is CCCCCOc1cc(C)ccc1CNc1ccc2cc(C#N)ccc2n1. The van der Waals surface area contributed by atoms with Crippen LogP contribution in [0.4, 0.5) is 5.82 Å². The summed E-state index contributed by atoms with van der Waals surface area (Å²) < 4.78 is 6.01. The first kappa shape index (κ1) is 18.7. The molecule has 0 aliphatic carbocycles. The molecule has 0 radical (unpaired) electrons. The molecule has 0 spiro atoms. The summed E-state index contributed by atoms with van der Waals surface area (Å²) in [5.74, 6) is 1.75. The molecule has 0 fully saturated rings. The number of unbranched alkanes of at least 4 members (excludes halogenated alkanes) is 2. The van der Waals surface area contributed by atoms with E-state index in [9.17, 15) is 0 Å². The van der Waals surface area contributed by atoms with Crippen LogP contribution in [0.15, 0.2) is 48.5 Å². The number of hydrogen-bond acceptors (Lipinski definition) is 4. The lowest BCUT2D eigenvalue weighted by molar-refractivity contribution is 0.303. The Bertz CT molecular complexity index is 959. The Hall–Kier alpha value is -3.06. The predicted octanol–water partition coefficient (Wildman–Crippen LogP) is 5.60. The van der Waals surface area contributed by atoms with E-state index < -0.39 is 0 Å². The summed E-state index contributed by atoms with van der Waals surface area (Å²) in [6.45, 7) is 5.67. The van der Waals surface area contributed by atoms with Crippen LogP contribution in [-0.2, 0) is 6.54 Å². The van der Waals surface area contributed by atoms with Crippen LogP contribution in [0, 0.1) is 18.3 Å². The fourth-order valence-corrected chi connectivity index (χ4v) is 2.96. The van der Waals surface area contributed by atoms with Crippen LogP contribution in [0.1, 0.15) is 42.9 Å². The Morgan fingerprint density at radius 3 is 2.78 bits per heavy atom. The van der Waals surface area contributed by atoms with Crippen molar-refractivity contribution >= 4 is 16.7 Å². The largest absolute Gasteiger partial charge is 0.493 e. The molecule has 0 saturated carbocycles. The molecule has 27 heavy (non-hydrogen) atoms. The molecule has 0 aliphatic heterocycles. The molecule has 0 aliphatic rings. The average Bonchev–Trinajstić information content (AvgIpc) is 2.70. The van der Waals surface area contributed by atoms with Gasteiger partial charge >= 0.3 is 0 Å². The fourth-order valence-electron chi connectivity index (χ4n) is 2.96. The Balaban J connectivity index is 1.70. The second-order valence-corrected chi connectivity index (χ2v) is 6.74. The van der Waals surface area contributed by atoms with Gasteiger partial charge in [-0.05, 0) is 55.3 Å². The Kier molecular flexibility index (Phi) is 6.27. The van der Waals surface area contributed by atoms with Crippen molar-refractivity contribution in [1.82, 2.24) is 4.98 Å². The number of fused-ring (bicyclic) bond motifs is 1. The van der Waals surface area contributed by atoms with Crippen LogP contribution in [0.2, 0.25) is 0 Å². The third-order valence-corrected chi connectivity index (χ3v) is 4.51. The number of anilines is 1. The fraction of sp³-hybridized carbons (Fsp3) is 0.304. The van der Waals surface area contributed by atoms with Crippen molar-refractivity contribution in [1.29, 1.82) is 5.26 Å². The molecule has 0 saturated heterocycles. The highest BCUT2D eigenvalue weighted by Crippen LogP contribution is 2.23. The number of aryl methyl sites for hydroxylation is 1. The molecule has 3 aromatic rings. The minimum atomic E-state index is 0.648. The van der Waals surface area contributed by atoms with Crippen LogP contribution in [-0.4, -0.2) is 11.6 Å². The van der Waals surface area contributed by atoms with Crippen LogP contribution in [0.25, 0.3) is 10.9 Å².